The lowest BCUT2D eigenvalue weighted by molar-refractivity contribution is -0.107. The first-order valence-corrected chi connectivity index (χ1v) is 5.04. The Morgan fingerprint density at radius 3 is 2.69 bits per heavy atom. The molecule has 0 saturated heterocycles. The number of benzene rings is 1. The van der Waals surface area contributed by atoms with Crippen LogP contribution in [0.2, 0.25) is 0 Å². The highest BCUT2D eigenvalue weighted by Crippen LogP contribution is 2.25. The Balaban J connectivity index is 2.61. The van der Waals surface area contributed by atoms with Gasteiger partial charge in [-0.05, 0) is 5.56 Å². The van der Waals surface area contributed by atoms with Gasteiger partial charge in [0.15, 0.2) is 0 Å². The van der Waals surface area contributed by atoms with Gasteiger partial charge in [-0.15, -0.1) is 11.8 Å². The van der Waals surface area contributed by atoms with Crippen molar-refractivity contribution in [1.29, 1.82) is 0 Å². The third-order valence-electron chi connectivity index (χ3n) is 1.62. The SMILES string of the molecule is COCSC(C=O)c1ccccc1. The zero-order chi connectivity index (χ0) is 9.52. The van der Waals surface area contributed by atoms with Gasteiger partial charge in [0.1, 0.15) is 6.29 Å². The predicted molar refractivity (Wildman–Crippen MR) is 54.7 cm³/mol. The van der Waals surface area contributed by atoms with E-state index in [0.29, 0.717) is 5.94 Å². The Kier molecular flexibility index (Phi) is 4.57. The Labute approximate surface area is 82.3 Å². The fraction of sp³-hybridized carbons (Fsp3) is 0.300. The fourth-order valence-corrected chi connectivity index (χ4v) is 1.71. The van der Waals surface area contributed by atoms with Crippen LogP contribution < -0.4 is 0 Å². The normalized spacial score (nSPS) is 12.4. The molecule has 70 valence electrons. The third kappa shape index (κ3) is 3.20. The molecule has 0 radical (unpaired) electrons. The number of methoxy groups -OCH3 is 1. The summed E-state index contributed by atoms with van der Waals surface area (Å²) in [6.07, 6.45) is 0.943. The molecule has 0 heterocycles. The minimum Gasteiger partial charge on any atom is -0.374 e. The molecular weight excluding hydrogens is 184 g/mol. The van der Waals surface area contributed by atoms with Gasteiger partial charge in [-0.2, -0.15) is 0 Å². The van der Waals surface area contributed by atoms with Crippen LogP contribution in [0.1, 0.15) is 10.8 Å². The highest BCUT2D eigenvalue weighted by Gasteiger charge is 2.09. The molecule has 0 bridgehead atoms. The lowest BCUT2D eigenvalue weighted by Gasteiger charge is -2.08. The van der Waals surface area contributed by atoms with Gasteiger partial charge in [0, 0.05) is 7.11 Å². The largest absolute Gasteiger partial charge is 0.374 e. The number of rotatable bonds is 5. The van der Waals surface area contributed by atoms with Crippen molar-refractivity contribution in [1.82, 2.24) is 0 Å². The van der Waals surface area contributed by atoms with Crippen molar-refractivity contribution in [2.75, 3.05) is 13.0 Å². The van der Waals surface area contributed by atoms with Crippen LogP contribution in [0.3, 0.4) is 0 Å². The summed E-state index contributed by atoms with van der Waals surface area (Å²) in [5.74, 6) is 0.540. The Bertz CT molecular complexity index is 248. The first-order chi connectivity index (χ1) is 6.38. The maximum Gasteiger partial charge on any atom is 0.137 e. The molecule has 2 nitrogen and oxygen atoms in total. The molecule has 0 N–H and O–H groups in total. The molecule has 1 rings (SSSR count). The molecule has 0 aliphatic heterocycles. The Morgan fingerprint density at radius 2 is 2.15 bits per heavy atom. The van der Waals surface area contributed by atoms with Gasteiger partial charge in [0.25, 0.3) is 0 Å². The minimum absolute atomic E-state index is 0.110. The zero-order valence-electron chi connectivity index (χ0n) is 7.47. The average Bonchev–Trinajstić information content (AvgIpc) is 2.21. The highest BCUT2D eigenvalue weighted by atomic mass is 32.2. The first kappa shape index (κ1) is 10.3. The number of thioether (sulfide) groups is 1. The number of carbonyl (C=O) groups excluding carboxylic acids is 1. The van der Waals surface area contributed by atoms with Crippen molar-refractivity contribution in [3.05, 3.63) is 35.9 Å². The van der Waals surface area contributed by atoms with E-state index in [0.717, 1.165) is 11.8 Å². The topological polar surface area (TPSA) is 26.3 Å². The second-order valence-electron chi connectivity index (χ2n) is 2.54. The van der Waals surface area contributed by atoms with E-state index in [-0.39, 0.29) is 5.25 Å². The molecule has 0 aliphatic rings. The Hall–Kier alpha value is -0.800. The van der Waals surface area contributed by atoms with Crippen LogP contribution in [0, 0.1) is 0 Å². The number of ether oxygens (including phenoxy) is 1. The smallest absolute Gasteiger partial charge is 0.137 e. The van der Waals surface area contributed by atoms with E-state index < -0.39 is 0 Å². The second-order valence-corrected chi connectivity index (χ2v) is 3.62. The van der Waals surface area contributed by atoms with Crippen LogP contribution in [-0.4, -0.2) is 19.3 Å². The summed E-state index contributed by atoms with van der Waals surface area (Å²) in [5, 5.41) is -0.110. The number of carbonyl (C=O) groups is 1. The molecule has 3 heteroatoms. The minimum atomic E-state index is -0.110. The van der Waals surface area contributed by atoms with Crippen molar-refractivity contribution >= 4 is 18.0 Å². The summed E-state index contributed by atoms with van der Waals surface area (Å²) >= 11 is 1.48. The molecule has 13 heavy (non-hydrogen) atoms. The van der Waals surface area contributed by atoms with Crippen molar-refractivity contribution in [3.8, 4) is 0 Å². The van der Waals surface area contributed by atoms with Crippen molar-refractivity contribution < 1.29 is 9.53 Å². The molecule has 0 aliphatic carbocycles. The standard InChI is InChI=1S/C10H12O2S/c1-12-8-13-10(7-11)9-5-3-2-4-6-9/h2-7,10H,8H2,1H3. The predicted octanol–water partition coefficient (Wildman–Crippen LogP) is 2.26. The summed E-state index contributed by atoms with van der Waals surface area (Å²) in [6.45, 7) is 0. The molecule has 1 atom stereocenters. The molecule has 1 aromatic rings. The Morgan fingerprint density at radius 1 is 1.46 bits per heavy atom. The molecular formula is C10H12O2S. The van der Waals surface area contributed by atoms with E-state index in [9.17, 15) is 4.79 Å². The van der Waals surface area contributed by atoms with Crippen LogP contribution in [0.25, 0.3) is 0 Å². The van der Waals surface area contributed by atoms with Crippen LogP contribution in [0.4, 0.5) is 0 Å². The van der Waals surface area contributed by atoms with E-state index in [1.54, 1.807) is 7.11 Å². The maximum atomic E-state index is 10.7. The number of hydrogen-bond acceptors (Lipinski definition) is 3. The summed E-state index contributed by atoms with van der Waals surface area (Å²) in [6, 6.07) is 9.69. The maximum absolute atomic E-state index is 10.7. The second kappa shape index (κ2) is 5.78. The number of hydrogen-bond donors (Lipinski definition) is 0. The lowest BCUT2D eigenvalue weighted by Crippen LogP contribution is -1.97. The molecule has 1 aromatic carbocycles. The van der Waals surface area contributed by atoms with Gasteiger partial charge >= 0.3 is 0 Å². The van der Waals surface area contributed by atoms with Crippen LogP contribution in [0.5, 0.6) is 0 Å². The summed E-state index contributed by atoms with van der Waals surface area (Å²) in [5.41, 5.74) is 1.03. The molecule has 0 saturated carbocycles. The summed E-state index contributed by atoms with van der Waals surface area (Å²) in [4.78, 5) is 10.7. The lowest BCUT2D eigenvalue weighted by atomic mass is 10.2. The average molecular weight is 196 g/mol. The summed E-state index contributed by atoms with van der Waals surface area (Å²) in [7, 11) is 1.62. The van der Waals surface area contributed by atoms with E-state index in [1.807, 2.05) is 30.3 Å². The van der Waals surface area contributed by atoms with Crippen LogP contribution in [-0.2, 0) is 9.53 Å². The van der Waals surface area contributed by atoms with E-state index in [2.05, 4.69) is 0 Å². The molecule has 0 amide bonds. The van der Waals surface area contributed by atoms with Gasteiger partial charge in [0.05, 0.1) is 11.2 Å². The van der Waals surface area contributed by atoms with E-state index in [4.69, 9.17) is 4.74 Å². The van der Waals surface area contributed by atoms with Crippen LogP contribution >= 0.6 is 11.8 Å². The van der Waals surface area contributed by atoms with Gasteiger partial charge < -0.3 is 9.53 Å². The van der Waals surface area contributed by atoms with Gasteiger partial charge in [-0.3, -0.25) is 0 Å². The third-order valence-corrected chi connectivity index (χ3v) is 2.73. The van der Waals surface area contributed by atoms with E-state index >= 15 is 0 Å². The van der Waals surface area contributed by atoms with Crippen molar-refractivity contribution in [2.24, 2.45) is 0 Å². The van der Waals surface area contributed by atoms with Crippen LogP contribution in [0.15, 0.2) is 30.3 Å². The highest BCUT2D eigenvalue weighted by molar-refractivity contribution is 7.99. The summed E-state index contributed by atoms with van der Waals surface area (Å²) < 4.78 is 4.90. The monoisotopic (exact) mass is 196 g/mol. The quantitative estimate of drug-likeness (QED) is 0.534. The van der Waals surface area contributed by atoms with Gasteiger partial charge in [-0.25, -0.2) is 0 Å². The fourth-order valence-electron chi connectivity index (χ4n) is 0.998. The zero-order valence-corrected chi connectivity index (χ0v) is 8.29. The number of aldehydes is 1. The van der Waals surface area contributed by atoms with Crippen molar-refractivity contribution in [3.63, 3.8) is 0 Å². The first-order valence-electron chi connectivity index (χ1n) is 3.99. The van der Waals surface area contributed by atoms with E-state index in [1.165, 1.54) is 11.8 Å². The van der Waals surface area contributed by atoms with Crippen molar-refractivity contribution in [2.45, 2.75) is 5.25 Å². The molecule has 1 unspecified atom stereocenters. The van der Waals surface area contributed by atoms with Gasteiger partial charge in [-0.1, -0.05) is 30.3 Å². The molecule has 0 spiro atoms. The van der Waals surface area contributed by atoms with Gasteiger partial charge in [0.2, 0.25) is 0 Å². The molecule has 0 fully saturated rings. The molecule has 0 aromatic heterocycles.